The number of unbranched alkanes of at least 4 members (excludes halogenated alkanes) is 1. The first-order valence-electron chi connectivity index (χ1n) is 5.43. The van der Waals surface area contributed by atoms with Gasteiger partial charge in [0, 0.05) is 21.3 Å². The Kier molecular flexibility index (Phi) is 6.72. The van der Waals surface area contributed by atoms with E-state index in [2.05, 4.69) is 34.8 Å². The zero-order valence-electron chi connectivity index (χ0n) is 9.62. The van der Waals surface area contributed by atoms with Gasteiger partial charge in [0.2, 0.25) is 0 Å². The van der Waals surface area contributed by atoms with Crippen LogP contribution in [0.15, 0.2) is 64.0 Å². The summed E-state index contributed by atoms with van der Waals surface area (Å²) in [5, 5.41) is 3.50. The van der Waals surface area contributed by atoms with Crippen LogP contribution in [0, 0.1) is 0 Å². The van der Waals surface area contributed by atoms with E-state index in [0.29, 0.717) is 6.54 Å². The highest BCUT2D eigenvalue weighted by Gasteiger charge is 1.95. The van der Waals surface area contributed by atoms with Crippen molar-refractivity contribution in [1.82, 2.24) is 0 Å². The van der Waals surface area contributed by atoms with Gasteiger partial charge in [-0.1, -0.05) is 53.8 Å². The quantitative estimate of drug-likeness (QED) is 0.168. The van der Waals surface area contributed by atoms with Gasteiger partial charge in [0.05, 0.1) is 0 Å². The summed E-state index contributed by atoms with van der Waals surface area (Å²) >= 11 is 1.69. The number of rotatable bonds is 7. The fraction of sp³-hybridized carbons (Fsp3) is 0.231. The number of hydrogen-bond donors (Lipinski definition) is 0. The number of thioether (sulfide) groups is 1. The van der Waals surface area contributed by atoms with E-state index in [0.717, 1.165) is 17.7 Å². The summed E-state index contributed by atoms with van der Waals surface area (Å²) in [5.74, 6) is 0. The van der Waals surface area contributed by atoms with E-state index >= 15 is 0 Å². The largest absolute Gasteiger partial charge is 0.0980 e. The summed E-state index contributed by atoms with van der Waals surface area (Å²) in [6.07, 6.45) is 5.75. The maximum absolute atomic E-state index is 8.14. The number of azide groups is 1. The van der Waals surface area contributed by atoms with Gasteiger partial charge in [-0.25, -0.2) is 0 Å². The van der Waals surface area contributed by atoms with Gasteiger partial charge in [-0.15, -0.1) is 0 Å². The Hall–Kier alpha value is -1.64. The lowest BCUT2D eigenvalue weighted by Crippen LogP contribution is -1.78. The van der Waals surface area contributed by atoms with Crippen molar-refractivity contribution in [1.29, 1.82) is 0 Å². The van der Waals surface area contributed by atoms with E-state index in [-0.39, 0.29) is 0 Å². The second-order valence-electron chi connectivity index (χ2n) is 3.32. The predicted molar refractivity (Wildman–Crippen MR) is 73.8 cm³/mol. The minimum Gasteiger partial charge on any atom is -0.0980 e. The van der Waals surface area contributed by atoms with Gasteiger partial charge in [0.15, 0.2) is 0 Å². The van der Waals surface area contributed by atoms with Crippen molar-refractivity contribution in [3.63, 3.8) is 0 Å². The molecule has 1 aromatic carbocycles. The lowest BCUT2D eigenvalue weighted by molar-refractivity contribution is 0.848. The van der Waals surface area contributed by atoms with E-state index in [1.807, 2.05) is 24.3 Å². The van der Waals surface area contributed by atoms with E-state index < -0.39 is 0 Å². The van der Waals surface area contributed by atoms with Gasteiger partial charge in [-0.2, -0.15) is 0 Å². The third-order valence-corrected chi connectivity index (χ3v) is 3.13. The molecule has 1 aromatic rings. The average Bonchev–Trinajstić information content (AvgIpc) is 2.38. The molecule has 0 fully saturated rings. The Balaban J connectivity index is 2.45. The lowest BCUT2D eigenvalue weighted by atomic mass is 10.3. The maximum atomic E-state index is 8.14. The van der Waals surface area contributed by atoms with Crippen molar-refractivity contribution in [2.75, 3.05) is 6.54 Å². The molecule has 0 bridgehead atoms. The van der Waals surface area contributed by atoms with Crippen LogP contribution >= 0.6 is 11.8 Å². The Morgan fingerprint density at radius 2 is 2.18 bits per heavy atom. The van der Waals surface area contributed by atoms with Crippen LogP contribution in [0.25, 0.3) is 10.4 Å². The minimum absolute atomic E-state index is 0.549. The van der Waals surface area contributed by atoms with Crippen molar-refractivity contribution in [2.45, 2.75) is 17.7 Å². The third-order valence-electron chi connectivity index (χ3n) is 2.05. The summed E-state index contributed by atoms with van der Waals surface area (Å²) in [5.41, 5.74) is 8.14. The van der Waals surface area contributed by atoms with Crippen molar-refractivity contribution >= 4 is 11.8 Å². The number of hydrogen-bond acceptors (Lipinski definition) is 2. The molecule has 0 heterocycles. The molecule has 0 unspecified atom stereocenters. The van der Waals surface area contributed by atoms with Gasteiger partial charge in [0.25, 0.3) is 0 Å². The summed E-state index contributed by atoms with van der Waals surface area (Å²) in [6.45, 7) is 4.35. The third kappa shape index (κ3) is 5.85. The lowest BCUT2D eigenvalue weighted by Gasteiger charge is -2.01. The van der Waals surface area contributed by atoms with Gasteiger partial charge < -0.3 is 0 Å². The highest BCUT2D eigenvalue weighted by molar-refractivity contribution is 8.03. The van der Waals surface area contributed by atoms with E-state index in [1.54, 1.807) is 11.8 Å². The van der Waals surface area contributed by atoms with Gasteiger partial charge in [-0.3, -0.25) is 0 Å². The van der Waals surface area contributed by atoms with Gasteiger partial charge in [-0.05, 0) is 30.5 Å². The first-order valence-corrected chi connectivity index (χ1v) is 6.25. The molecule has 0 radical (unpaired) electrons. The summed E-state index contributed by atoms with van der Waals surface area (Å²) in [6, 6.07) is 10.2. The monoisotopic (exact) mass is 245 g/mol. The fourth-order valence-corrected chi connectivity index (χ4v) is 2.09. The van der Waals surface area contributed by atoms with Gasteiger partial charge in [0.1, 0.15) is 0 Å². The molecule has 0 amide bonds. The molecule has 17 heavy (non-hydrogen) atoms. The molecule has 0 aliphatic heterocycles. The highest BCUT2D eigenvalue weighted by Crippen LogP contribution is 2.27. The molecule has 0 aliphatic carbocycles. The zero-order valence-corrected chi connectivity index (χ0v) is 10.4. The molecule has 0 aliphatic rings. The Morgan fingerprint density at radius 3 is 2.82 bits per heavy atom. The maximum Gasteiger partial charge on any atom is 0.0260 e. The standard InChI is InChI=1S/C13H15N3S/c1-2-12(8-6-7-11-15-16-14)17-13-9-4-3-5-10-13/h2-5,8-10H,1,6-7,11H2/b12-8-. The van der Waals surface area contributed by atoms with Crippen LogP contribution in [0.1, 0.15) is 12.8 Å². The van der Waals surface area contributed by atoms with Crippen LogP contribution in [-0.4, -0.2) is 6.54 Å². The summed E-state index contributed by atoms with van der Waals surface area (Å²) in [4.78, 5) is 5.06. The van der Waals surface area contributed by atoms with Crippen LogP contribution in [0.3, 0.4) is 0 Å². The average molecular weight is 245 g/mol. The first-order chi connectivity index (χ1) is 8.36. The Morgan fingerprint density at radius 1 is 1.41 bits per heavy atom. The fourth-order valence-electron chi connectivity index (χ4n) is 1.24. The first kappa shape index (κ1) is 13.4. The molecular formula is C13H15N3S. The van der Waals surface area contributed by atoms with Crippen LogP contribution in [0.4, 0.5) is 0 Å². The van der Waals surface area contributed by atoms with Crippen LogP contribution in [0.2, 0.25) is 0 Å². The molecule has 0 aromatic heterocycles. The zero-order chi connectivity index (χ0) is 12.3. The van der Waals surface area contributed by atoms with E-state index in [4.69, 9.17) is 5.53 Å². The smallest absolute Gasteiger partial charge is 0.0260 e. The Labute approximate surface area is 106 Å². The highest BCUT2D eigenvalue weighted by atomic mass is 32.2. The second kappa shape index (κ2) is 8.50. The van der Waals surface area contributed by atoms with Crippen molar-refractivity contribution in [3.05, 3.63) is 64.4 Å². The molecule has 0 N–H and O–H groups in total. The molecule has 0 spiro atoms. The minimum atomic E-state index is 0.549. The normalized spacial score (nSPS) is 10.7. The number of benzene rings is 1. The van der Waals surface area contributed by atoms with E-state index in [1.165, 1.54) is 4.90 Å². The molecule has 3 nitrogen and oxygen atoms in total. The molecule has 0 atom stereocenters. The van der Waals surface area contributed by atoms with Gasteiger partial charge >= 0.3 is 0 Å². The van der Waals surface area contributed by atoms with Crippen molar-refractivity contribution in [2.24, 2.45) is 5.11 Å². The van der Waals surface area contributed by atoms with Crippen molar-refractivity contribution < 1.29 is 0 Å². The molecule has 0 saturated heterocycles. The van der Waals surface area contributed by atoms with Crippen LogP contribution in [-0.2, 0) is 0 Å². The molecule has 88 valence electrons. The summed E-state index contributed by atoms with van der Waals surface area (Å²) < 4.78 is 0. The molecule has 0 saturated carbocycles. The second-order valence-corrected chi connectivity index (χ2v) is 4.47. The Bertz CT molecular complexity index is 420. The van der Waals surface area contributed by atoms with Crippen molar-refractivity contribution in [3.8, 4) is 0 Å². The molecule has 1 rings (SSSR count). The molecular weight excluding hydrogens is 230 g/mol. The number of allylic oxidation sites excluding steroid dienone is 2. The predicted octanol–water partition coefficient (Wildman–Crippen LogP) is 4.94. The van der Waals surface area contributed by atoms with Crippen LogP contribution in [0.5, 0.6) is 0 Å². The summed E-state index contributed by atoms with van der Waals surface area (Å²) in [7, 11) is 0. The topological polar surface area (TPSA) is 48.8 Å². The van der Waals surface area contributed by atoms with E-state index in [9.17, 15) is 0 Å². The van der Waals surface area contributed by atoms with Crippen LogP contribution < -0.4 is 0 Å². The number of nitrogens with zero attached hydrogens (tertiary/aromatic N) is 3. The SMILES string of the molecule is C=C/C(=C/CCCN=[N+]=[N-])Sc1ccccc1. The molecule has 4 heteroatoms.